The zero-order chi connectivity index (χ0) is 17.8. The maximum absolute atomic E-state index is 4.65. The van der Waals surface area contributed by atoms with Crippen molar-refractivity contribution < 1.29 is 0 Å². The summed E-state index contributed by atoms with van der Waals surface area (Å²) in [5.74, 6) is 0. The second-order valence-corrected chi connectivity index (χ2v) is 7.14. The van der Waals surface area contributed by atoms with Gasteiger partial charge in [-0.25, -0.2) is 4.98 Å². The standard InChI is InChI=1S/C24H20N2/c1-15-13-16(2)22(17(3)14-15)19-8-6-9-20-23(19)18-7-4-5-10-21(18)26-12-11-25-24(20)26/h4-14H,1-3H3. The first-order valence-electron chi connectivity index (χ1n) is 9.00. The topological polar surface area (TPSA) is 17.3 Å². The van der Waals surface area contributed by atoms with Crippen molar-refractivity contribution in [1.82, 2.24) is 9.38 Å². The summed E-state index contributed by atoms with van der Waals surface area (Å²) in [6.07, 6.45) is 3.93. The molecule has 126 valence electrons. The van der Waals surface area contributed by atoms with Gasteiger partial charge in [0.05, 0.1) is 5.52 Å². The molecule has 0 N–H and O–H groups in total. The molecule has 0 atom stereocenters. The maximum Gasteiger partial charge on any atom is 0.145 e. The Hall–Kier alpha value is -3.13. The maximum atomic E-state index is 4.65. The van der Waals surface area contributed by atoms with Crippen LogP contribution in [0.3, 0.4) is 0 Å². The van der Waals surface area contributed by atoms with E-state index in [1.807, 2.05) is 12.4 Å². The lowest BCUT2D eigenvalue weighted by Gasteiger charge is -2.16. The number of pyridine rings is 1. The van der Waals surface area contributed by atoms with Crippen LogP contribution in [-0.4, -0.2) is 9.38 Å². The zero-order valence-corrected chi connectivity index (χ0v) is 15.2. The molecule has 0 bridgehead atoms. The summed E-state index contributed by atoms with van der Waals surface area (Å²) in [6.45, 7) is 6.59. The van der Waals surface area contributed by atoms with E-state index in [0.29, 0.717) is 0 Å². The summed E-state index contributed by atoms with van der Waals surface area (Å²) in [6, 6.07) is 19.8. The van der Waals surface area contributed by atoms with Gasteiger partial charge in [0, 0.05) is 28.6 Å². The third kappa shape index (κ3) is 2.02. The van der Waals surface area contributed by atoms with E-state index < -0.39 is 0 Å². The largest absolute Gasteiger partial charge is 0.299 e. The van der Waals surface area contributed by atoms with E-state index in [0.717, 1.165) is 5.65 Å². The van der Waals surface area contributed by atoms with Gasteiger partial charge in [0.15, 0.2) is 0 Å². The van der Waals surface area contributed by atoms with Gasteiger partial charge in [0.25, 0.3) is 0 Å². The molecule has 3 aromatic carbocycles. The highest BCUT2D eigenvalue weighted by atomic mass is 15.0. The van der Waals surface area contributed by atoms with Crippen molar-refractivity contribution in [2.45, 2.75) is 20.8 Å². The molecule has 0 saturated carbocycles. The second kappa shape index (κ2) is 5.43. The van der Waals surface area contributed by atoms with Gasteiger partial charge in [0.2, 0.25) is 0 Å². The first-order chi connectivity index (χ1) is 12.6. The first kappa shape index (κ1) is 15.2. The Bertz CT molecular complexity index is 1290. The highest BCUT2D eigenvalue weighted by Crippen LogP contribution is 2.39. The Balaban J connectivity index is 2.05. The Morgan fingerprint density at radius 1 is 0.808 bits per heavy atom. The molecule has 0 saturated heterocycles. The van der Waals surface area contributed by atoms with Gasteiger partial charge >= 0.3 is 0 Å². The minimum Gasteiger partial charge on any atom is -0.299 e. The van der Waals surface area contributed by atoms with Crippen molar-refractivity contribution in [3.8, 4) is 11.1 Å². The number of benzene rings is 3. The molecule has 0 spiro atoms. The number of aryl methyl sites for hydroxylation is 3. The molecular formula is C24H20N2. The average Bonchev–Trinajstić information content (AvgIpc) is 3.11. The molecular weight excluding hydrogens is 316 g/mol. The highest BCUT2D eigenvalue weighted by molar-refractivity contribution is 6.18. The molecule has 0 unspecified atom stereocenters. The Morgan fingerprint density at radius 2 is 1.54 bits per heavy atom. The summed E-state index contributed by atoms with van der Waals surface area (Å²) in [5.41, 5.74) is 8.79. The van der Waals surface area contributed by atoms with Crippen LogP contribution in [0.4, 0.5) is 0 Å². The van der Waals surface area contributed by atoms with Gasteiger partial charge in [-0.2, -0.15) is 0 Å². The van der Waals surface area contributed by atoms with Crippen LogP contribution >= 0.6 is 0 Å². The van der Waals surface area contributed by atoms with Crippen LogP contribution in [0.2, 0.25) is 0 Å². The fourth-order valence-corrected chi connectivity index (χ4v) is 4.43. The lowest BCUT2D eigenvalue weighted by Crippen LogP contribution is -1.95. The van der Waals surface area contributed by atoms with Crippen LogP contribution in [0.5, 0.6) is 0 Å². The number of nitrogens with zero attached hydrogens (tertiary/aromatic N) is 2. The van der Waals surface area contributed by atoms with E-state index in [2.05, 4.69) is 84.8 Å². The van der Waals surface area contributed by atoms with E-state index >= 15 is 0 Å². The predicted octanol–water partition coefficient (Wildman–Crippen LogP) is 6.23. The molecule has 0 amide bonds. The van der Waals surface area contributed by atoms with Gasteiger partial charge in [-0.3, -0.25) is 4.40 Å². The van der Waals surface area contributed by atoms with E-state index in [1.165, 1.54) is 49.5 Å². The van der Waals surface area contributed by atoms with Crippen LogP contribution in [0.15, 0.2) is 67.0 Å². The van der Waals surface area contributed by atoms with E-state index in [9.17, 15) is 0 Å². The number of para-hydroxylation sites is 1. The van der Waals surface area contributed by atoms with E-state index in [4.69, 9.17) is 0 Å². The Labute approximate surface area is 152 Å². The van der Waals surface area contributed by atoms with Crippen molar-refractivity contribution in [1.29, 1.82) is 0 Å². The second-order valence-electron chi connectivity index (χ2n) is 7.14. The average molecular weight is 336 g/mol. The summed E-state index contributed by atoms with van der Waals surface area (Å²) < 4.78 is 2.19. The van der Waals surface area contributed by atoms with Gasteiger partial charge in [-0.1, -0.05) is 54.1 Å². The Morgan fingerprint density at radius 3 is 2.35 bits per heavy atom. The summed E-state index contributed by atoms with van der Waals surface area (Å²) in [5, 5.41) is 3.76. The smallest absolute Gasteiger partial charge is 0.145 e. The quantitative estimate of drug-likeness (QED) is 0.332. The molecule has 0 aliphatic rings. The highest BCUT2D eigenvalue weighted by Gasteiger charge is 2.15. The van der Waals surface area contributed by atoms with Gasteiger partial charge in [-0.15, -0.1) is 0 Å². The molecule has 2 nitrogen and oxygen atoms in total. The Kier molecular flexibility index (Phi) is 3.17. The third-order valence-electron chi connectivity index (χ3n) is 5.33. The van der Waals surface area contributed by atoms with Crippen LogP contribution in [0.1, 0.15) is 16.7 Å². The van der Waals surface area contributed by atoms with Gasteiger partial charge < -0.3 is 0 Å². The van der Waals surface area contributed by atoms with Crippen LogP contribution < -0.4 is 0 Å². The van der Waals surface area contributed by atoms with Crippen molar-refractivity contribution >= 4 is 27.3 Å². The number of aromatic nitrogens is 2. The predicted molar refractivity (Wildman–Crippen MR) is 110 cm³/mol. The number of rotatable bonds is 1. The molecule has 0 radical (unpaired) electrons. The molecule has 5 aromatic rings. The molecule has 5 rings (SSSR count). The minimum absolute atomic E-state index is 1.02. The van der Waals surface area contributed by atoms with Gasteiger partial charge in [0.1, 0.15) is 5.65 Å². The molecule has 2 aromatic heterocycles. The van der Waals surface area contributed by atoms with Crippen molar-refractivity contribution in [3.63, 3.8) is 0 Å². The molecule has 0 aliphatic carbocycles. The number of imidazole rings is 1. The van der Waals surface area contributed by atoms with Crippen molar-refractivity contribution in [2.24, 2.45) is 0 Å². The monoisotopic (exact) mass is 336 g/mol. The van der Waals surface area contributed by atoms with Crippen LogP contribution in [0, 0.1) is 20.8 Å². The normalized spacial score (nSPS) is 11.7. The molecule has 26 heavy (non-hydrogen) atoms. The third-order valence-corrected chi connectivity index (χ3v) is 5.33. The number of hydrogen-bond donors (Lipinski definition) is 0. The molecule has 2 heterocycles. The van der Waals surface area contributed by atoms with Crippen molar-refractivity contribution in [2.75, 3.05) is 0 Å². The van der Waals surface area contributed by atoms with Crippen LogP contribution in [0.25, 0.3) is 38.4 Å². The van der Waals surface area contributed by atoms with E-state index in [-0.39, 0.29) is 0 Å². The minimum atomic E-state index is 1.02. The van der Waals surface area contributed by atoms with E-state index in [1.54, 1.807) is 0 Å². The molecule has 0 aliphatic heterocycles. The lowest BCUT2D eigenvalue weighted by molar-refractivity contribution is 1.27. The zero-order valence-electron chi connectivity index (χ0n) is 15.2. The summed E-state index contributed by atoms with van der Waals surface area (Å²) in [7, 11) is 0. The summed E-state index contributed by atoms with van der Waals surface area (Å²) >= 11 is 0. The van der Waals surface area contributed by atoms with Gasteiger partial charge in [-0.05, 0) is 49.1 Å². The number of fused-ring (bicyclic) bond motifs is 6. The van der Waals surface area contributed by atoms with Crippen molar-refractivity contribution in [3.05, 3.63) is 83.7 Å². The fraction of sp³-hybridized carbons (Fsp3) is 0.125. The first-order valence-corrected chi connectivity index (χ1v) is 9.00. The summed E-state index contributed by atoms with van der Waals surface area (Å²) in [4.78, 5) is 4.65. The molecule has 0 fully saturated rings. The lowest BCUT2D eigenvalue weighted by atomic mass is 9.89. The van der Waals surface area contributed by atoms with Crippen LogP contribution in [-0.2, 0) is 0 Å². The SMILES string of the molecule is Cc1cc(C)c(-c2cccc3c2c2ccccc2n2ccnc32)c(C)c1. The fourth-order valence-electron chi connectivity index (χ4n) is 4.43. The number of hydrogen-bond acceptors (Lipinski definition) is 1. The molecule has 2 heteroatoms.